The van der Waals surface area contributed by atoms with Gasteiger partial charge in [-0.1, -0.05) is 45.9 Å². The van der Waals surface area contributed by atoms with Crippen LogP contribution < -0.4 is 0 Å². The monoisotopic (exact) mass is 296 g/mol. The topological polar surface area (TPSA) is 17.8 Å². The molecule has 0 aliphatic heterocycles. The summed E-state index contributed by atoms with van der Waals surface area (Å²) < 4.78 is 2.37. The summed E-state index contributed by atoms with van der Waals surface area (Å²) in [5, 5.41) is 1.28. The van der Waals surface area contributed by atoms with Gasteiger partial charge in [0.2, 0.25) is 0 Å². The predicted octanol–water partition coefficient (Wildman–Crippen LogP) is 6.34. The van der Waals surface area contributed by atoms with Crippen LogP contribution in [0, 0.1) is 0 Å². The van der Waals surface area contributed by atoms with Crippen LogP contribution in [0.25, 0.3) is 22.2 Å². The number of pyridine rings is 1. The summed E-state index contributed by atoms with van der Waals surface area (Å²) in [5.41, 5.74) is 3.69. The van der Waals surface area contributed by atoms with Gasteiger partial charge in [0.1, 0.15) is 0 Å². The Hall–Kier alpha value is -2.09. The maximum absolute atomic E-state index is 4.22. The third-order valence-electron chi connectivity index (χ3n) is 3.22. The summed E-state index contributed by atoms with van der Waals surface area (Å²) in [5.74, 6) is 0. The molecule has 0 aliphatic rings. The van der Waals surface area contributed by atoms with E-state index in [-0.39, 0.29) is 0 Å². The maximum atomic E-state index is 4.22. The molecule has 0 saturated heterocycles. The molecule has 0 fully saturated rings. The van der Waals surface area contributed by atoms with Gasteiger partial charge >= 0.3 is 0 Å². The van der Waals surface area contributed by atoms with Gasteiger partial charge in [-0.3, -0.25) is 4.98 Å². The Morgan fingerprint density at radius 2 is 1.59 bits per heavy atom. The Morgan fingerprint density at radius 3 is 2.18 bits per heavy atom. The molecule has 0 radical (unpaired) electrons. The smallest absolute Gasteiger partial charge is 0.0509 e. The lowest BCUT2D eigenvalue weighted by molar-refractivity contribution is 0.629. The van der Waals surface area contributed by atoms with Crippen molar-refractivity contribution in [2.75, 3.05) is 0 Å². The molecule has 3 rings (SSSR count). The van der Waals surface area contributed by atoms with E-state index in [2.05, 4.69) is 59.8 Å². The Balaban J connectivity index is 0.000000561. The Kier molecular flexibility index (Phi) is 7.38. The second-order valence-electron chi connectivity index (χ2n) is 4.79. The minimum atomic E-state index is 0.431. The first kappa shape index (κ1) is 18.0. The molecule has 118 valence electrons. The molecule has 2 heterocycles. The van der Waals surface area contributed by atoms with Crippen LogP contribution in [0.5, 0.6) is 0 Å². The van der Waals surface area contributed by atoms with Crippen molar-refractivity contribution < 1.29 is 0 Å². The van der Waals surface area contributed by atoms with Crippen LogP contribution in [-0.4, -0.2) is 9.55 Å². The molecule has 1 aromatic carbocycles. The molecule has 0 amide bonds. The number of benzene rings is 1. The van der Waals surface area contributed by atoms with Crippen molar-refractivity contribution in [1.82, 2.24) is 9.55 Å². The minimum absolute atomic E-state index is 0.431. The molecule has 2 nitrogen and oxygen atoms in total. The van der Waals surface area contributed by atoms with E-state index in [9.17, 15) is 0 Å². The van der Waals surface area contributed by atoms with Crippen LogP contribution in [0.4, 0.5) is 0 Å². The van der Waals surface area contributed by atoms with Crippen LogP contribution >= 0.6 is 0 Å². The number of hydrogen-bond donors (Lipinski definition) is 0. The quantitative estimate of drug-likeness (QED) is 0.539. The highest BCUT2D eigenvalue weighted by molar-refractivity contribution is 5.87. The van der Waals surface area contributed by atoms with Crippen molar-refractivity contribution in [3.63, 3.8) is 0 Å². The van der Waals surface area contributed by atoms with Gasteiger partial charge in [-0.15, -0.1) is 0 Å². The normalized spacial score (nSPS) is 9.77. The van der Waals surface area contributed by atoms with E-state index in [1.807, 2.05) is 46.2 Å². The van der Waals surface area contributed by atoms with Gasteiger partial charge in [0.15, 0.2) is 0 Å². The molecular formula is C20H28N2. The largest absolute Gasteiger partial charge is 0.338 e. The van der Waals surface area contributed by atoms with Crippen LogP contribution in [-0.2, 0) is 0 Å². The molecule has 0 atom stereocenters. The second kappa shape index (κ2) is 9.04. The lowest BCUT2D eigenvalue weighted by Crippen LogP contribution is -2.02. The number of aromatic nitrogens is 2. The first-order chi connectivity index (χ1) is 10.8. The first-order valence-electron chi connectivity index (χ1n) is 8.28. The number of fused-ring (bicyclic) bond motifs is 1. The van der Waals surface area contributed by atoms with E-state index < -0.39 is 0 Å². The molecule has 2 aromatic heterocycles. The van der Waals surface area contributed by atoms with E-state index in [0.717, 1.165) is 0 Å². The third-order valence-corrected chi connectivity index (χ3v) is 3.22. The van der Waals surface area contributed by atoms with Gasteiger partial charge in [0.05, 0.1) is 5.69 Å². The standard InChI is InChI=1S/C16H16N2.2C2H6/c1-12(2)18-15-8-4-3-6-13(15)10-16(18)14-7-5-9-17-11-14;2*1-2/h3-12H,1-2H3;2*1-2H3. The zero-order valence-corrected chi connectivity index (χ0v) is 14.7. The molecule has 0 aliphatic carbocycles. The number of rotatable bonds is 2. The fourth-order valence-electron chi connectivity index (χ4n) is 2.47. The van der Waals surface area contributed by atoms with Crippen LogP contribution in [0.2, 0.25) is 0 Å². The fraction of sp³-hybridized carbons (Fsp3) is 0.350. The highest BCUT2D eigenvalue weighted by Gasteiger charge is 2.12. The van der Waals surface area contributed by atoms with Gasteiger partial charge in [0.25, 0.3) is 0 Å². The van der Waals surface area contributed by atoms with E-state index in [4.69, 9.17) is 0 Å². The zero-order valence-electron chi connectivity index (χ0n) is 14.7. The number of hydrogen-bond acceptors (Lipinski definition) is 1. The van der Waals surface area contributed by atoms with Gasteiger partial charge < -0.3 is 4.57 Å². The van der Waals surface area contributed by atoms with Crippen molar-refractivity contribution in [3.05, 3.63) is 54.9 Å². The van der Waals surface area contributed by atoms with Gasteiger partial charge in [0, 0.05) is 34.9 Å². The molecular weight excluding hydrogens is 268 g/mol. The highest BCUT2D eigenvalue weighted by Crippen LogP contribution is 2.30. The molecule has 0 bridgehead atoms. The Labute approximate surface area is 134 Å². The molecule has 0 saturated carbocycles. The van der Waals surface area contributed by atoms with Crippen LogP contribution in [0.3, 0.4) is 0 Å². The summed E-state index contributed by atoms with van der Waals surface area (Å²) in [6.07, 6.45) is 3.74. The van der Waals surface area contributed by atoms with Crippen molar-refractivity contribution in [3.8, 4) is 11.3 Å². The summed E-state index contributed by atoms with van der Waals surface area (Å²) in [6, 6.07) is 15.3. The van der Waals surface area contributed by atoms with E-state index in [0.29, 0.717) is 6.04 Å². The molecule has 2 heteroatoms. The summed E-state index contributed by atoms with van der Waals surface area (Å²) in [7, 11) is 0. The molecule has 22 heavy (non-hydrogen) atoms. The van der Waals surface area contributed by atoms with Crippen LogP contribution in [0.15, 0.2) is 54.9 Å². The predicted molar refractivity (Wildman–Crippen MR) is 98.3 cm³/mol. The van der Waals surface area contributed by atoms with Gasteiger partial charge in [-0.2, -0.15) is 0 Å². The van der Waals surface area contributed by atoms with Crippen molar-refractivity contribution in [2.45, 2.75) is 47.6 Å². The summed E-state index contributed by atoms with van der Waals surface area (Å²) in [4.78, 5) is 4.22. The van der Waals surface area contributed by atoms with Crippen molar-refractivity contribution in [1.29, 1.82) is 0 Å². The minimum Gasteiger partial charge on any atom is -0.338 e. The lowest BCUT2D eigenvalue weighted by Gasteiger charge is -2.14. The summed E-state index contributed by atoms with van der Waals surface area (Å²) in [6.45, 7) is 12.4. The fourth-order valence-corrected chi connectivity index (χ4v) is 2.47. The lowest BCUT2D eigenvalue weighted by atomic mass is 10.2. The number of nitrogens with zero attached hydrogens (tertiary/aromatic N) is 2. The summed E-state index contributed by atoms with van der Waals surface area (Å²) >= 11 is 0. The Bertz CT molecular complexity index is 666. The average Bonchev–Trinajstić information content (AvgIpc) is 2.99. The Morgan fingerprint density at radius 1 is 0.909 bits per heavy atom. The molecule has 0 unspecified atom stereocenters. The number of para-hydroxylation sites is 1. The van der Waals surface area contributed by atoms with Crippen molar-refractivity contribution >= 4 is 10.9 Å². The maximum Gasteiger partial charge on any atom is 0.0509 e. The van der Waals surface area contributed by atoms with Crippen molar-refractivity contribution in [2.24, 2.45) is 0 Å². The molecule has 0 spiro atoms. The highest BCUT2D eigenvalue weighted by atomic mass is 15.0. The van der Waals surface area contributed by atoms with Crippen LogP contribution in [0.1, 0.15) is 47.6 Å². The molecule has 0 N–H and O–H groups in total. The van der Waals surface area contributed by atoms with E-state index >= 15 is 0 Å². The SMILES string of the molecule is CC.CC.CC(C)n1c(-c2cccnc2)cc2ccccc21. The third kappa shape index (κ3) is 3.76. The molecule has 3 aromatic rings. The first-order valence-corrected chi connectivity index (χ1v) is 8.28. The van der Waals surface area contributed by atoms with Gasteiger partial charge in [-0.25, -0.2) is 0 Å². The van der Waals surface area contributed by atoms with Gasteiger partial charge in [-0.05, 0) is 38.1 Å². The average molecular weight is 296 g/mol. The van der Waals surface area contributed by atoms with E-state index in [1.165, 1.54) is 22.2 Å². The zero-order chi connectivity index (χ0) is 16.5. The second-order valence-corrected chi connectivity index (χ2v) is 4.79. The van der Waals surface area contributed by atoms with E-state index in [1.54, 1.807) is 0 Å².